The van der Waals surface area contributed by atoms with Crippen molar-refractivity contribution in [1.29, 1.82) is 0 Å². The van der Waals surface area contributed by atoms with E-state index in [0.717, 1.165) is 36.7 Å². The van der Waals surface area contributed by atoms with Gasteiger partial charge in [0.05, 0.1) is 13.2 Å². The van der Waals surface area contributed by atoms with Crippen molar-refractivity contribution in [3.63, 3.8) is 0 Å². The molecular formula is C22H28O4. The molecule has 0 radical (unpaired) electrons. The van der Waals surface area contributed by atoms with Crippen molar-refractivity contribution in [3.8, 4) is 5.75 Å². The zero-order valence-electron chi connectivity index (χ0n) is 16.1. The van der Waals surface area contributed by atoms with Crippen LogP contribution < -0.4 is 4.74 Å². The molecule has 2 saturated heterocycles. The van der Waals surface area contributed by atoms with Crippen molar-refractivity contribution >= 4 is 5.57 Å². The summed E-state index contributed by atoms with van der Waals surface area (Å²) in [6, 6.07) is 6.47. The zero-order valence-corrected chi connectivity index (χ0v) is 16.1. The molecule has 2 atom stereocenters. The molecule has 2 unspecified atom stereocenters. The van der Waals surface area contributed by atoms with Gasteiger partial charge in [0.2, 0.25) is 0 Å². The Morgan fingerprint density at radius 3 is 2.27 bits per heavy atom. The molecule has 2 fully saturated rings. The third-order valence-corrected chi connectivity index (χ3v) is 5.15. The highest BCUT2D eigenvalue weighted by Crippen LogP contribution is 2.43. The molecule has 3 aliphatic rings. The molecule has 4 nitrogen and oxygen atoms in total. The van der Waals surface area contributed by atoms with E-state index in [1.54, 1.807) is 0 Å². The van der Waals surface area contributed by atoms with Crippen molar-refractivity contribution in [2.45, 2.75) is 46.3 Å². The lowest BCUT2D eigenvalue weighted by Gasteiger charge is -2.32. The van der Waals surface area contributed by atoms with E-state index in [4.69, 9.17) is 18.9 Å². The molecule has 1 aromatic rings. The molecule has 1 aromatic carbocycles. The van der Waals surface area contributed by atoms with Crippen LogP contribution in [0.3, 0.4) is 0 Å². The number of hydrogen-bond acceptors (Lipinski definition) is 4. The number of ether oxygens (including phenoxy) is 4. The number of epoxide rings is 2. The first kappa shape index (κ1) is 17.6. The molecule has 4 heteroatoms. The predicted octanol–water partition coefficient (Wildman–Crippen LogP) is 4.28. The normalized spacial score (nSPS) is 26.4. The number of allylic oxidation sites excluding steroid dienone is 3. The second-order valence-corrected chi connectivity index (χ2v) is 8.19. The predicted molar refractivity (Wildman–Crippen MR) is 101 cm³/mol. The van der Waals surface area contributed by atoms with Gasteiger partial charge in [0, 0.05) is 5.41 Å². The van der Waals surface area contributed by atoms with Gasteiger partial charge in [-0.15, -0.1) is 0 Å². The van der Waals surface area contributed by atoms with Gasteiger partial charge in [0.1, 0.15) is 36.9 Å². The number of benzene rings is 1. The highest BCUT2D eigenvalue weighted by molar-refractivity contribution is 5.71. The average Bonchev–Trinajstić information content (AvgIpc) is 3.46. The standard InChI is InChI=1S/C22H28O4/c1-14-7-16(5-6-20(14)25-12-18-10-23-18)17-8-15(2)21(22(3,4)9-17)26-13-19-11-24-19/h5-7,9,18-19H,8,10-13H2,1-4H3. The SMILES string of the molecule is CC1=C(OCC2CO2)C(C)(C)C=C(c2ccc(OCC3CO3)c(C)c2)C1. The first-order valence-electron chi connectivity index (χ1n) is 9.44. The smallest absolute Gasteiger partial charge is 0.122 e. The fourth-order valence-corrected chi connectivity index (χ4v) is 3.66. The summed E-state index contributed by atoms with van der Waals surface area (Å²) in [5, 5.41) is 0. The van der Waals surface area contributed by atoms with Crippen LogP contribution in [0.5, 0.6) is 5.75 Å². The average molecular weight is 356 g/mol. The van der Waals surface area contributed by atoms with E-state index in [9.17, 15) is 0 Å². The van der Waals surface area contributed by atoms with Crippen LogP contribution >= 0.6 is 0 Å². The van der Waals surface area contributed by atoms with E-state index in [0.29, 0.717) is 13.2 Å². The van der Waals surface area contributed by atoms with Crippen molar-refractivity contribution in [2.75, 3.05) is 26.4 Å². The van der Waals surface area contributed by atoms with Crippen LogP contribution in [-0.2, 0) is 14.2 Å². The molecule has 140 valence electrons. The van der Waals surface area contributed by atoms with E-state index < -0.39 is 0 Å². The zero-order chi connectivity index (χ0) is 18.3. The third-order valence-electron chi connectivity index (χ3n) is 5.15. The summed E-state index contributed by atoms with van der Waals surface area (Å²) in [6.07, 6.45) is 3.83. The molecule has 0 aromatic heterocycles. The minimum absolute atomic E-state index is 0.112. The van der Waals surface area contributed by atoms with Gasteiger partial charge in [-0.2, -0.15) is 0 Å². The molecular weight excluding hydrogens is 328 g/mol. The van der Waals surface area contributed by atoms with E-state index in [2.05, 4.69) is 52.0 Å². The Hall–Kier alpha value is -1.78. The first-order chi connectivity index (χ1) is 12.4. The maximum absolute atomic E-state index is 6.10. The Morgan fingerprint density at radius 2 is 1.69 bits per heavy atom. The minimum atomic E-state index is -0.112. The molecule has 2 aliphatic heterocycles. The number of aryl methyl sites for hydroxylation is 1. The summed E-state index contributed by atoms with van der Waals surface area (Å²) < 4.78 is 22.4. The Balaban J connectivity index is 1.49. The van der Waals surface area contributed by atoms with Crippen molar-refractivity contribution in [3.05, 3.63) is 46.7 Å². The summed E-state index contributed by atoms with van der Waals surface area (Å²) in [5.41, 5.74) is 4.96. The summed E-state index contributed by atoms with van der Waals surface area (Å²) in [5.74, 6) is 2.04. The molecule has 0 spiro atoms. The molecule has 26 heavy (non-hydrogen) atoms. The lowest BCUT2D eigenvalue weighted by atomic mass is 9.78. The third kappa shape index (κ3) is 3.97. The molecule has 0 saturated carbocycles. The summed E-state index contributed by atoms with van der Waals surface area (Å²) >= 11 is 0. The van der Waals surface area contributed by atoms with E-state index in [-0.39, 0.29) is 17.6 Å². The topological polar surface area (TPSA) is 43.5 Å². The van der Waals surface area contributed by atoms with Crippen molar-refractivity contribution < 1.29 is 18.9 Å². The fourth-order valence-electron chi connectivity index (χ4n) is 3.66. The highest BCUT2D eigenvalue weighted by Gasteiger charge is 2.32. The van der Waals surface area contributed by atoms with E-state index >= 15 is 0 Å². The van der Waals surface area contributed by atoms with Gasteiger partial charge in [0.25, 0.3) is 0 Å². The van der Waals surface area contributed by atoms with E-state index in [1.165, 1.54) is 16.7 Å². The maximum Gasteiger partial charge on any atom is 0.122 e. The molecule has 2 heterocycles. The summed E-state index contributed by atoms with van der Waals surface area (Å²) in [7, 11) is 0. The van der Waals surface area contributed by atoms with Crippen LogP contribution in [0.25, 0.3) is 5.57 Å². The van der Waals surface area contributed by atoms with Crippen LogP contribution in [-0.4, -0.2) is 38.6 Å². The largest absolute Gasteiger partial charge is 0.494 e. The Morgan fingerprint density at radius 1 is 1.04 bits per heavy atom. The molecule has 1 aliphatic carbocycles. The monoisotopic (exact) mass is 356 g/mol. The Bertz CT molecular complexity index is 751. The van der Waals surface area contributed by atoms with Crippen LogP contribution in [0.2, 0.25) is 0 Å². The van der Waals surface area contributed by atoms with Crippen LogP contribution in [0.1, 0.15) is 38.3 Å². The minimum Gasteiger partial charge on any atom is -0.494 e. The lowest BCUT2D eigenvalue weighted by Crippen LogP contribution is -2.21. The van der Waals surface area contributed by atoms with Crippen LogP contribution in [0, 0.1) is 12.3 Å². The van der Waals surface area contributed by atoms with E-state index in [1.807, 2.05) is 0 Å². The second kappa shape index (κ2) is 6.75. The van der Waals surface area contributed by atoms with Crippen LogP contribution in [0.4, 0.5) is 0 Å². The van der Waals surface area contributed by atoms with Gasteiger partial charge in [-0.05, 0) is 68.5 Å². The first-order valence-corrected chi connectivity index (χ1v) is 9.44. The second-order valence-electron chi connectivity index (χ2n) is 8.19. The Labute approximate surface area is 155 Å². The van der Waals surface area contributed by atoms with Crippen molar-refractivity contribution in [1.82, 2.24) is 0 Å². The van der Waals surface area contributed by atoms with Gasteiger partial charge in [-0.1, -0.05) is 12.1 Å². The van der Waals surface area contributed by atoms with Crippen molar-refractivity contribution in [2.24, 2.45) is 5.41 Å². The highest BCUT2D eigenvalue weighted by atomic mass is 16.6. The quantitative estimate of drug-likeness (QED) is 0.684. The number of hydrogen-bond donors (Lipinski definition) is 0. The summed E-state index contributed by atoms with van der Waals surface area (Å²) in [6.45, 7) is 11.7. The molecule has 0 amide bonds. The molecule has 0 N–H and O–H groups in total. The fraction of sp³-hybridized carbons (Fsp3) is 0.545. The van der Waals surface area contributed by atoms with Crippen LogP contribution in [0.15, 0.2) is 35.6 Å². The molecule has 0 bridgehead atoms. The van der Waals surface area contributed by atoms with Gasteiger partial charge in [-0.3, -0.25) is 0 Å². The summed E-state index contributed by atoms with van der Waals surface area (Å²) in [4.78, 5) is 0. The molecule has 4 rings (SSSR count). The number of rotatable bonds is 7. The lowest BCUT2D eigenvalue weighted by molar-refractivity contribution is 0.138. The van der Waals surface area contributed by atoms with Gasteiger partial charge >= 0.3 is 0 Å². The maximum atomic E-state index is 6.10. The Kier molecular flexibility index (Phi) is 4.57. The van der Waals surface area contributed by atoms with Gasteiger partial charge < -0.3 is 18.9 Å². The van der Waals surface area contributed by atoms with Gasteiger partial charge in [-0.25, -0.2) is 0 Å². The van der Waals surface area contributed by atoms with Gasteiger partial charge in [0.15, 0.2) is 0 Å².